The molecule has 0 aliphatic carbocycles. The molecule has 1 heterocycles. The molecule has 5 heteroatoms. The molecule has 1 aromatic carbocycles. The molecular formula is C16H26N2O2S. The first kappa shape index (κ1) is 16.5. The van der Waals surface area contributed by atoms with Crippen LogP contribution < -0.4 is 5.73 Å². The van der Waals surface area contributed by atoms with Crippen LogP contribution >= 0.6 is 0 Å². The molecule has 1 unspecified atom stereocenters. The monoisotopic (exact) mass is 310 g/mol. The van der Waals surface area contributed by atoms with Crippen molar-refractivity contribution in [2.24, 2.45) is 5.73 Å². The van der Waals surface area contributed by atoms with Gasteiger partial charge in [-0.15, -0.1) is 0 Å². The highest BCUT2D eigenvalue weighted by atomic mass is 32.2. The Morgan fingerprint density at radius 1 is 1.33 bits per heavy atom. The van der Waals surface area contributed by atoms with Crippen molar-refractivity contribution in [3.05, 3.63) is 29.8 Å². The lowest BCUT2D eigenvalue weighted by Gasteiger charge is -2.35. The van der Waals surface area contributed by atoms with Gasteiger partial charge < -0.3 is 5.73 Å². The topological polar surface area (TPSA) is 63.4 Å². The largest absolute Gasteiger partial charge is 0.326 e. The summed E-state index contributed by atoms with van der Waals surface area (Å²) in [5.74, 6) is 0.192. The van der Waals surface area contributed by atoms with Gasteiger partial charge in [-0.05, 0) is 43.5 Å². The van der Waals surface area contributed by atoms with Crippen LogP contribution in [0.3, 0.4) is 0 Å². The molecule has 0 bridgehead atoms. The van der Waals surface area contributed by atoms with Crippen LogP contribution in [0.25, 0.3) is 0 Å². The third-order valence-electron chi connectivity index (χ3n) is 4.36. The summed E-state index contributed by atoms with van der Waals surface area (Å²) in [4.78, 5) is 2.74. The van der Waals surface area contributed by atoms with Crippen molar-refractivity contribution in [3.63, 3.8) is 0 Å². The zero-order valence-corrected chi connectivity index (χ0v) is 13.6. The maximum Gasteiger partial charge on any atom is 0.179 e. The molecule has 0 aromatic heterocycles. The van der Waals surface area contributed by atoms with E-state index in [-0.39, 0.29) is 5.75 Å². The average molecular weight is 310 g/mol. The first-order valence-electron chi connectivity index (χ1n) is 7.82. The van der Waals surface area contributed by atoms with Crippen molar-refractivity contribution in [2.75, 3.05) is 18.8 Å². The lowest BCUT2D eigenvalue weighted by Crippen LogP contribution is -2.41. The van der Waals surface area contributed by atoms with Crippen LogP contribution in [-0.4, -0.2) is 38.2 Å². The molecule has 4 nitrogen and oxygen atoms in total. The van der Waals surface area contributed by atoms with Gasteiger partial charge in [-0.2, -0.15) is 0 Å². The Morgan fingerprint density at radius 3 is 2.86 bits per heavy atom. The average Bonchev–Trinajstić information content (AvgIpc) is 2.53. The van der Waals surface area contributed by atoms with Gasteiger partial charge in [0.15, 0.2) is 9.84 Å². The predicted molar refractivity (Wildman–Crippen MR) is 85.9 cm³/mol. The van der Waals surface area contributed by atoms with E-state index in [0.717, 1.165) is 18.5 Å². The standard InChI is InChI=1S/C16H26N2O2S/c1-2-15-7-3-4-9-18(15)10-11-21(19,20)16-8-5-6-14(12-16)13-17/h5-6,8,12,15H,2-4,7,9-11,13,17H2,1H3. The van der Waals surface area contributed by atoms with Crippen LogP contribution in [0, 0.1) is 0 Å². The molecule has 2 N–H and O–H groups in total. The van der Waals surface area contributed by atoms with Crippen molar-refractivity contribution in [1.82, 2.24) is 4.90 Å². The van der Waals surface area contributed by atoms with E-state index in [1.807, 2.05) is 6.07 Å². The molecule has 118 valence electrons. The van der Waals surface area contributed by atoms with Gasteiger partial charge in [0, 0.05) is 19.1 Å². The van der Waals surface area contributed by atoms with Crippen LogP contribution in [0.2, 0.25) is 0 Å². The Kier molecular flexibility index (Phi) is 5.79. The third-order valence-corrected chi connectivity index (χ3v) is 6.05. The zero-order chi connectivity index (χ0) is 15.3. The second-order valence-electron chi connectivity index (χ2n) is 5.76. The van der Waals surface area contributed by atoms with Crippen molar-refractivity contribution < 1.29 is 8.42 Å². The second kappa shape index (κ2) is 7.38. The molecule has 1 aliphatic rings. The normalized spacial score (nSPS) is 20.6. The van der Waals surface area contributed by atoms with Crippen molar-refractivity contribution in [1.29, 1.82) is 0 Å². The lowest BCUT2D eigenvalue weighted by molar-refractivity contribution is 0.153. The molecule has 0 amide bonds. The molecular weight excluding hydrogens is 284 g/mol. The number of likely N-dealkylation sites (tertiary alicyclic amines) is 1. The fraction of sp³-hybridized carbons (Fsp3) is 0.625. The number of nitrogens with two attached hydrogens (primary N) is 1. The minimum Gasteiger partial charge on any atom is -0.326 e. The van der Waals surface area contributed by atoms with E-state index < -0.39 is 9.84 Å². The SMILES string of the molecule is CCC1CCCCN1CCS(=O)(=O)c1cccc(CN)c1. The highest BCUT2D eigenvalue weighted by Crippen LogP contribution is 2.20. The number of piperidine rings is 1. The second-order valence-corrected chi connectivity index (χ2v) is 7.87. The Bertz CT molecular complexity index is 557. The maximum absolute atomic E-state index is 12.5. The molecule has 1 fully saturated rings. The minimum absolute atomic E-state index is 0.192. The Labute approximate surface area is 128 Å². The van der Waals surface area contributed by atoms with Gasteiger partial charge in [0.05, 0.1) is 10.6 Å². The van der Waals surface area contributed by atoms with Gasteiger partial charge in [-0.3, -0.25) is 4.90 Å². The fourth-order valence-electron chi connectivity index (χ4n) is 3.04. The quantitative estimate of drug-likeness (QED) is 0.875. The number of hydrogen-bond donors (Lipinski definition) is 1. The predicted octanol–water partition coefficient (Wildman–Crippen LogP) is 2.18. The van der Waals surface area contributed by atoms with E-state index >= 15 is 0 Å². The molecule has 1 saturated heterocycles. The summed E-state index contributed by atoms with van der Waals surface area (Å²) in [6.07, 6.45) is 4.74. The van der Waals surface area contributed by atoms with Gasteiger partial charge in [-0.25, -0.2) is 8.42 Å². The highest BCUT2D eigenvalue weighted by molar-refractivity contribution is 7.91. The van der Waals surface area contributed by atoms with E-state index in [0.29, 0.717) is 24.0 Å². The molecule has 1 atom stereocenters. The van der Waals surface area contributed by atoms with Crippen LogP contribution in [0.1, 0.15) is 38.2 Å². The molecule has 0 radical (unpaired) electrons. The molecule has 1 aliphatic heterocycles. The third kappa shape index (κ3) is 4.28. The maximum atomic E-state index is 12.5. The van der Waals surface area contributed by atoms with Crippen molar-refractivity contribution in [2.45, 2.75) is 50.1 Å². The Morgan fingerprint density at radius 2 is 2.14 bits per heavy atom. The number of sulfone groups is 1. The molecule has 0 saturated carbocycles. The first-order chi connectivity index (χ1) is 10.1. The number of rotatable bonds is 6. The van der Waals surface area contributed by atoms with Gasteiger partial charge in [0.25, 0.3) is 0 Å². The van der Waals surface area contributed by atoms with Crippen molar-refractivity contribution >= 4 is 9.84 Å². The fourth-order valence-corrected chi connectivity index (χ4v) is 4.37. The van der Waals surface area contributed by atoms with Crippen LogP contribution in [0.15, 0.2) is 29.2 Å². The van der Waals surface area contributed by atoms with E-state index in [2.05, 4.69) is 11.8 Å². The van der Waals surface area contributed by atoms with Gasteiger partial charge in [-0.1, -0.05) is 25.5 Å². The molecule has 2 rings (SSSR count). The zero-order valence-electron chi connectivity index (χ0n) is 12.8. The summed E-state index contributed by atoms with van der Waals surface area (Å²) in [5.41, 5.74) is 6.45. The summed E-state index contributed by atoms with van der Waals surface area (Å²) in [6.45, 7) is 4.21. The molecule has 0 spiro atoms. The van der Waals surface area contributed by atoms with Crippen LogP contribution in [-0.2, 0) is 16.4 Å². The summed E-state index contributed by atoms with van der Waals surface area (Å²) in [5, 5.41) is 0. The van der Waals surface area contributed by atoms with Gasteiger partial charge in [0.2, 0.25) is 0 Å². The highest BCUT2D eigenvalue weighted by Gasteiger charge is 2.23. The minimum atomic E-state index is -3.22. The van der Waals surface area contributed by atoms with Crippen LogP contribution in [0.4, 0.5) is 0 Å². The van der Waals surface area contributed by atoms with Gasteiger partial charge in [0.1, 0.15) is 0 Å². The van der Waals surface area contributed by atoms with E-state index in [4.69, 9.17) is 5.73 Å². The van der Waals surface area contributed by atoms with E-state index in [1.165, 1.54) is 19.3 Å². The smallest absolute Gasteiger partial charge is 0.179 e. The Balaban J connectivity index is 2.03. The number of nitrogens with zero attached hydrogens (tertiary/aromatic N) is 1. The molecule has 1 aromatic rings. The first-order valence-corrected chi connectivity index (χ1v) is 9.48. The summed E-state index contributed by atoms with van der Waals surface area (Å²) < 4.78 is 24.9. The van der Waals surface area contributed by atoms with Crippen LogP contribution in [0.5, 0.6) is 0 Å². The summed E-state index contributed by atoms with van der Waals surface area (Å²) in [7, 11) is -3.22. The summed E-state index contributed by atoms with van der Waals surface area (Å²) in [6, 6.07) is 7.54. The van der Waals surface area contributed by atoms with Gasteiger partial charge >= 0.3 is 0 Å². The van der Waals surface area contributed by atoms with E-state index in [9.17, 15) is 8.42 Å². The van der Waals surface area contributed by atoms with Crippen molar-refractivity contribution in [3.8, 4) is 0 Å². The Hall–Kier alpha value is -0.910. The number of benzene rings is 1. The van der Waals surface area contributed by atoms with E-state index in [1.54, 1.807) is 18.2 Å². The summed E-state index contributed by atoms with van der Waals surface area (Å²) >= 11 is 0. The lowest BCUT2D eigenvalue weighted by atomic mass is 10.0. The molecule has 21 heavy (non-hydrogen) atoms. The number of hydrogen-bond acceptors (Lipinski definition) is 4.